The molecule has 0 bridgehead atoms. The molecule has 2 aliphatic rings. The topological polar surface area (TPSA) is 98.2 Å². The molecule has 4 aromatic rings. The molecule has 0 saturated carbocycles. The fourth-order valence-electron chi connectivity index (χ4n) is 5.85. The van der Waals surface area contributed by atoms with E-state index in [1.165, 1.54) is 6.07 Å². The summed E-state index contributed by atoms with van der Waals surface area (Å²) in [7, 11) is 0. The molecular formula is C33H37FN6O3. The second kappa shape index (κ2) is 12.3. The van der Waals surface area contributed by atoms with E-state index in [0.717, 1.165) is 74.5 Å². The Kier molecular flexibility index (Phi) is 8.28. The molecule has 43 heavy (non-hydrogen) atoms. The minimum atomic E-state index is -0.454. The maximum Gasteiger partial charge on any atom is 0.236 e. The van der Waals surface area contributed by atoms with E-state index in [0.29, 0.717) is 17.0 Å². The lowest BCUT2D eigenvalue weighted by atomic mass is 10.0. The number of carbonyl (C=O) groups excluding carboxylic acids is 1. The Morgan fingerprint density at radius 2 is 1.98 bits per heavy atom. The minimum absolute atomic E-state index is 0.0485. The summed E-state index contributed by atoms with van der Waals surface area (Å²) in [6, 6.07) is 12.4. The van der Waals surface area contributed by atoms with E-state index in [2.05, 4.69) is 29.5 Å². The molecule has 2 saturated heterocycles. The van der Waals surface area contributed by atoms with Crippen molar-refractivity contribution < 1.29 is 18.7 Å². The van der Waals surface area contributed by atoms with E-state index in [9.17, 15) is 9.18 Å². The third-order valence-electron chi connectivity index (χ3n) is 8.60. The maximum absolute atomic E-state index is 14.4. The van der Waals surface area contributed by atoms with Gasteiger partial charge in [0.15, 0.2) is 5.78 Å². The van der Waals surface area contributed by atoms with Crippen LogP contribution >= 0.6 is 0 Å². The van der Waals surface area contributed by atoms with Crippen LogP contribution in [0.15, 0.2) is 42.6 Å². The van der Waals surface area contributed by atoms with Gasteiger partial charge in [-0.05, 0) is 62.4 Å². The van der Waals surface area contributed by atoms with Crippen molar-refractivity contribution in [3.8, 4) is 11.9 Å². The van der Waals surface area contributed by atoms with Crippen molar-refractivity contribution in [2.24, 2.45) is 0 Å². The molecule has 224 valence electrons. The van der Waals surface area contributed by atoms with Crippen molar-refractivity contribution in [3.63, 3.8) is 0 Å². The molecule has 0 unspecified atom stereocenters. The summed E-state index contributed by atoms with van der Waals surface area (Å²) in [5.41, 5.74) is 4.25. The molecule has 0 N–H and O–H groups in total. The predicted octanol–water partition coefficient (Wildman–Crippen LogP) is 5.77. The number of benzene rings is 2. The van der Waals surface area contributed by atoms with Gasteiger partial charge >= 0.3 is 0 Å². The van der Waals surface area contributed by atoms with Gasteiger partial charge in [-0.15, -0.1) is 5.10 Å². The largest absolute Gasteiger partial charge is 0.471 e. The number of likely N-dealkylation sites (tertiary alicyclic amines) is 1. The van der Waals surface area contributed by atoms with Gasteiger partial charge in [0.1, 0.15) is 18.2 Å². The van der Waals surface area contributed by atoms with Gasteiger partial charge in [0, 0.05) is 42.6 Å². The van der Waals surface area contributed by atoms with Crippen LogP contribution in [0.3, 0.4) is 0 Å². The van der Waals surface area contributed by atoms with E-state index >= 15 is 0 Å². The first-order valence-corrected chi connectivity index (χ1v) is 15.0. The molecule has 6 rings (SSSR count). The van der Waals surface area contributed by atoms with Crippen molar-refractivity contribution >= 4 is 16.8 Å². The quantitative estimate of drug-likeness (QED) is 0.218. The predicted molar refractivity (Wildman–Crippen MR) is 159 cm³/mol. The number of nitriles is 1. The summed E-state index contributed by atoms with van der Waals surface area (Å²) in [4.78, 5) is 19.5. The number of carbonyl (C=O) groups is 1. The van der Waals surface area contributed by atoms with Crippen LogP contribution in [0.5, 0.6) is 5.88 Å². The minimum Gasteiger partial charge on any atom is -0.471 e. The van der Waals surface area contributed by atoms with Crippen molar-refractivity contribution in [1.29, 1.82) is 5.26 Å². The fourth-order valence-corrected chi connectivity index (χ4v) is 5.85. The summed E-state index contributed by atoms with van der Waals surface area (Å²) in [5, 5.41) is 13.8. The Morgan fingerprint density at radius 3 is 2.63 bits per heavy atom. The molecule has 0 radical (unpaired) electrons. The Bertz CT molecular complexity index is 1670. The summed E-state index contributed by atoms with van der Waals surface area (Å²) in [6.07, 6.45) is 5.16. The number of halogens is 1. The molecule has 0 amide bonds. The number of rotatable bonds is 10. The molecule has 4 heterocycles. The monoisotopic (exact) mass is 584 g/mol. The highest BCUT2D eigenvalue weighted by atomic mass is 19.1. The number of ether oxygens (including phenoxy) is 2. The summed E-state index contributed by atoms with van der Waals surface area (Å²) in [5.74, 6) is 1.32. The first-order valence-electron chi connectivity index (χ1n) is 15.0. The van der Waals surface area contributed by atoms with Crippen LogP contribution in [-0.4, -0.2) is 55.8 Å². The highest BCUT2D eigenvalue weighted by Crippen LogP contribution is 2.31. The van der Waals surface area contributed by atoms with Gasteiger partial charge in [0.25, 0.3) is 0 Å². The molecule has 9 nitrogen and oxygen atoms in total. The zero-order valence-corrected chi connectivity index (χ0v) is 24.9. The van der Waals surface area contributed by atoms with Gasteiger partial charge < -0.3 is 14.0 Å². The standard InChI is InChI=1S/C33H37FN6O3/c1-21(2)28-18-40(37-33(28)43-20-25-5-4-23(16-35)14-29(25)34)26-8-11-38(12-9-26)19-32-36-30-7-6-24(22(3)41)15-31(30)39(32)17-27-10-13-42-27/h4-7,14-15,18,21,26-27H,8-13,17,19-20H2,1-3H3/t27-/m0/s1. The number of ketones is 1. The summed E-state index contributed by atoms with van der Waals surface area (Å²) < 4.78 is 30.4. The van der Waals surface area contributed by atoms with E-state index < -0.39 is 5.82 Å². The second-order valence-corrected chi connectivity index (χ2v) is 11.9. The van der Waals surface area contributed by atoms with Crippen LogP contribution in [0, 0.1) is 17.1 Å². The molecular weight excluding hydrogens is 547 g/mol. The molecule has 2 fully saturated rings. The van der Waals surface area contributed by atoms with Gasteiger partial charge in [-0.2, -0.15) is 5.26 Å². The average Bonchev–Trinajstić information content (AvgIpc) is 3.55. The number of hydrogen-bond acceptors (Lipinski definition) is 7. The Hall–Kier alpha value is -4.07. The van der Waals surface area contributed by atoms with Crippen LogP contribution in [0.25, 0.3) is 11.0 Å². The number of piperidine rings is 1. The zero-order valence-electron chi connectivity index (χ0n) is 24.9. The van der Waals surface area contributed by atoms with Crippen molar-refractivity contribution in [3.05, 3.63) is 76.5 Å². The highest BCUT2D eigenvalue weighted by Gasteiger charge is 2.27. The van der Waals surface area contributed by atoms with Crippen LogP contribution in [-0.2, 0) is 24.4 Å². The molecule has 2 aromatic carbocycles. The smallest absolute Gasteiger partial charge is 0.236 e. The molecule has 1 atom stereocenters. The number of fused-ring (bicyclic) bond motifs is 1. The maximum atomic E-state index is 14.4. The first kappa shape index (κ1) is 29.0. The Labute approximate surface area is 250 Å². The Balaban J connectivity index is 1.13. The second-order valence-electron chi connectivity index (χ2n) is 11.9. The lowest BCUT2D eigenvalue weighted by molar-refractivity contribution is -0.0592. The SMILES string of the molecule is CC(=O)c1ccc2nc(CN3CCC(n4cc(C(C)C)c(OCc5ccc(C#N)cc5F)n4)CC3)n(C[C@@H]3CCO3)c2c1. The van der Waals surface area contributed by atoms with E-state index in [4.69, 9.17) is 24.8 Å². The number of imidazole rings is 1. The number of aromatic nitrogens is 4. The molecule has 2 aliphatic heterocycles. The van der Waals surface area contributed by atoms with Gasteiger partial charge in [-0.1, -0.05) is 19.9 Å². The van der Waals surface area contributed by atoms with Gasteiger partial charge in [-0.3, -0.25) is 14.4 Å². The Morgan fingerprint density at radius 1 is 1.19 bits per heavy atom. The van der Waals surface area contributed by atoms with Crippen molar-refractivity contribution in [2.75, 3.05) is 19.7 Å². The van der Waals surface area contributed by atoms with Crippen molar-refractivity contribution in [1.82, 2.24) is 24.2 Å². The average molecular weight is 585 g/mol. The number of nitrogens with zero attached hydrogens (tertiary/aromatic N) is 6. The van der Waals surface area contributed by atoms with E-state index in [1.54, 1.807) is 19.1 Å². The highest BCUT2D eigenvalue weighted by molar-refractivity contribution is 5.97. The van der Waals surface area contributed by atoms with Crippen LogP contribution in [0.1, 0.15) is 84.9 Å². The molecule has 10 heteroatoms. The normalized spacial score (nSPS) is 17.7. The lowest BCUT2D eigenvalue weighted by Gasteiger charge is -2.32. The molecule has 0 spiro atoms. The third-order valence-corrected chi connectivity index (χ3v) is 8.60. The zero-order chi connectivity index (χ0) is 30.1. The van der Waals surface area contributed by atoms with Crippen LogP contribution < -0.4 is 4.74 Å². The van der Waals surface area contributed by atoms with E-state index in [1.807, 2.05) is 29.0 Å². The summed E-state index contributed by atoms with van der Waals surface area (Å²) >= 11 is 0. The van der Waals surface area contributed by atoms with Gasteiger partial charge in [-0.25, -0.2) is 9.37 Å². The molecule has 2 aromatic heterocycles. The fraction of sp³-hybridized carbons (Fsp3) is 0.455. The summed E-state index contributed by atoms with van der Waals surface area (Å²) in [6.45, 7) is 9.90. The van der Waals surface area contributed by atoms with Crippen molar-refractivity contribution in [2.45, 2.75) is 77.8 Å². The van der Waals surface area contributed by atoms with Gasteiger partial charge in [0.2, 0.25) is 5.88 Å². The lowest BCUT2D eigenvalue weighted by Crippen LogP contribution is -2.36. The first-order chi connectivity index (χ1) is 20.8. The van der Waals surface area contributed by atoms with E-state index in [-0.39, 0.29) is 36.0 Å². The van der Waals surface area contributed by atoms with Crippen LogP contribution in [0.2, 0.25) is 0 Å². The van der Waals surface area contributed by atoms with Gasteiger partial charge in [0.05, 0.1) is 47.9 Å². The number of Topliss-reactive ketones (excluding diaryl/α,β-unsaturated/α-hetero) is 1. The third kappa shape index (κ3) is 6.19. The number of hydrogen-bond donors (Lipinski definition) is 0. The molecule has 0 aliphatic carbocycles. The van der Waals surface area contributed by atoms with Crippen LogP contribution in [0.4, 0.5) is 4.39 Å².